The normalized spacial score (nSPS) is 10.8. The zero-order valence-electron chi connectivity index (χ0n) is 14.7. The van der Waals surface area contributed by atoms with Gasteiger partial charge in [0.2, 0.25) is 5.76 Å². The number of pyridine rings is 1. The van der Waals surface area contributed by atoms with E-state index in [1.54, 1.807) is 6.92 Å². The quantitative estimate of drug-likeness (QED) is 0.540. The number of aromatic nitrogens is 1. The smallest absolute Gasteiger partial charge is 0.374 e. The highest BCUT2D eigenvalue weighted by atomic mass is 16.5. The summed E-state index contributed by atoms with van der Waals surface area (Å²) in [5.74, 6) is -1.85. The molecule has 9 nitrogen and oxygen atoms in total. The Morgan fingerprint density at radius 1 is 1.07 bits per heavy atom. The topological polar surface area (TPSA) is 125 Å². The predicted molar refractivity (Wildman–Crippen MR) is 94.5 cm³/mol. The number of hydrogen-bond acceptors (Lipinski definition) is 8. The van der Waals surface area contributed by atoms with Crippen molar-refractivity contribution in [3.05, 3.63) is 50.1 Å². The van der Waals surface area contributed by atoms with E-state index in [2.05, 4.69) is 9.72 Å². The number of nitrogens with one attached hydrogen (secondary N) is 1. The first-order valence-electron chi connectivity index (χ1n) is 7.88. The van der Waals surface area contributed by atoms with Crippen LogP contribution in [0.4, 0.5) is 0 Å². The minimum absolute atomic E-state index is 0.00992. The van der Waals surface area contributed by atoms with Crippen molar-refractivity contribution in [1.29, 1.82) is 0 Å². The van der Waals surface area contributed by atoms with Crippen LogP contribution in [-0.4, -0.2) is 37.7 Å². The molecule has 0 saturated heterocycles. The summed E-state index contributed by atoms with van der Waals surface area (Å²) < 4.78 is 20.2. The van der Waals surface area contributed by atoms with Crippen molar-refractivity contribution in [2.24, 2.45) is 0 Å². The van der Waals surface area contributed by atoms with Gasteiger partial charge in [0.15, 0.2) is 16.4 Å². The molecule has 0 aliphatic carbocycles. The van der Waals surface area contributed by atoms with Gasteiger partial charge in [-0.25, -0.2) is 9.59 Å². The third-order valence-electron chi connectivity index (χ3n) is 3.87. The molecule has 0 aliphatic heterocycles. The number of ether oxygens (including phenoxy) is 3. The van der Waals surface area contributed by atoms with E-state index in [1.807, 2.05) is 0 Å². The SMILES string of the molecule is CCOC(=O)c1cc(=O)c2c(OC)cc3c(=O)cc(C(=O)OC)[nH]c3c2o1. The van der Waals surface area contributed by atoms with Crippen LogP contribution >= 0.6 is 0 Å². The van der Waals surface area contributed by atoms with Gasteiger partial charge in [-0.15, -0.1) is 0 Å². The molecule has 0 radical (unpaired) electrons. The van der Waals surface area contributed by atoms with Crippen LogP contribution in [-0.2, 0) is 9.47 Å². The molecule has 0 saturated carbocycles. The zero-order valence-corrected chi connectivity index (χ0v) is 14.7. The number of fused-ring (bicyclic) bond motifs is 3. The van der Waals surface area contributed by atoms with Crippen LogP contribution < -0.4 is 15.6 Å². The summed E-state index contributed by atoms with van der Waals surface area (Å²) in [7, 11) is 2.49. The number of esters is 2. The maximum atomic E-state index is 12.6. The number of aromatic amines is 1. The highest BCUT2D eigenvalue weighted by Crippen LogP contribution is 2.30. The number of hydrogen-bond donors (Lipinski definition) is 1. The summed E-state index contributed by atoms with van der Waals surface area (Å²) in [5, 5.41) is 0.117. The summed E-state index contributed by atoms with van der Waals surface area (Å²) >= 11 is 0. The molecule has 0 atom stereocenters. The van der Waals surface area contributed by atoms with Crippen molar-refractivity contribution >= 4 is 33.8 Å². The van der Waals surface area contributed by atoms with E-state index >= 15 is 0 Å². The molecule has 3 rings (SSSR count). The fourth-order valence-corrected chi connectivity index (χ4v) is 2.68. The number of H-pyrrole nitrogens is 1. The second-order valence-electron chi connectivity index (χ2n) is 5.44. The highest BCUT2D eigenvalue weighted by molar-refractivity contribution is 6.06. The largest absolute Gasteiger partial charge is 0.496 e. The lowest BCUT2D eigenvalue weighted by molar-refractivity contribution is 0.0490. The van der Waals surface area contributed by atoms with E-state index in [0.29, 0.717) is 0 Å². The van der Waals surface area contributed by atoms with Crippen LogP contribution in [0.1, 0.15) is 28.0 Å². The number of methoxy groups -OCH3 is 2. The molecule has 1 N–H and O–H groups in total. The van der Waals surface area contributed by atoms with Crippen LogP contribution in [0.2, 0.25) is 0 Å². The number of carbonyl (C=O) groups is 2. The van der Waals surface area contributed by atoms with Gasteiger partial charge in [0.25, 0.3) is 0 Å². The molecular weight excluding hydrogens is 358 g/mol. The number of carbonyl (C=O) groups excluding carboxylic acids is 2. The molecule has 0 bridgehead atoms. The molecule has 1 aromatic carbocycles. The lowest BCUT2D eigenvalue weighted by Crippen LogP contribution is -2.14. The molecule has 0 amide bonds. The van der Waals surface area contributed by atoms with Gasteiger partial charge in [0.05, 0.1) is 31.7 Å². The minimum atomic E-state index is -0.834. The Morgan fingerprint density at radius 3 is 2.44 bits per heavy atom. The lowest BCUT2D eigenvalue weighted by atomic mass is 10.1. The van der Waals surface area contributed by atoms with E-state index in [1.165, 1.54) is 13.2 Å². The van der Waals surface area contributed by atoms with Crippen molar-refractivity contribution in [2.75, 3.05) is 20.8 Å². The zero-order chi connectivity index (χ0) is 19.7. The van der Waals surface area contributed by atoms with Crippen molar-refractivity contribution in [3.63, 3.8) is 0 Å². The summed E-state index contributed by atoms with van der Waals surface area (Å²) in [4.78, 5) is 51.5. The second-order valence-corrected chi connectivity index (χ2v) is 5.44. The molecule has 0 spiro atoms. The molecule has 2 heterocycles. The van der Waals surface area contributed by atoms with Crippen molar-refractivity contribution < 1.29 is 28.2 Å². The molecule has 0 unspecified atom stereocenters. The van der Waals surface area contributed by atoms with E-state index in [4.69, 9.17) is 13.9 Å². The van der Waals surface area contributed by atoms with E-state index in [-0.39, 0.29) is 45.7 Å². The van der Waals surface area contributed by atoms with Crippen molar-refractivity contribution in [2.45, 2.75) is 6.92 Å². The second kappa shape index (κ2) is 6.94. The van der Waals surface area contributed by atoms with Gasteiger partial charge in [0.1, 0.15) is 16.8 Å². The Balaban J connectivity index is 2.49. The Hall–Kier alpha value is -3.62. The summed E-state index contributed by atoms with van der Waals surface area (Å²) in [6.07, 6.45) is 0. The van der Waals surface area contributed by atoms with Crippen LogP contribution in [0.25, 0.3) is 21.9 Å². The highest BCUT2D eigenvalue weighted by Gasteiger charge is 2.21. The molecule has 140 valence electrons. The molecule has 9 heteroatoms. The third-order valence-corrected chi connectivity index (χ3v) is 3.87. The standard InChI is InChI=1S/C18H15NO8/c1-4-26-18(23)13-7-11(21)14-12(24-2)5-8-10(20)6-9(17(22)25-3)19-15(8)16(14)27-13/h5-7H,4H2,1-3H3,(H,19,20). The molecular formula is C18H15NO8. The van der Waals surface area contributed by atoms with Crippen LogP contribution in [0, 0.1) is 0 Å². The van der Waals surface area contributed by atoms with Crippen LogP contribution in [0.3, 0.4) is 0 Å². The Morgan fingerprint density at radius 2 is 1.81 bits per heavy atom. The number of rotatable bonds is 4. The summed E-state index contributed by atoms with van der Waals surface area (Å²) in [6.45, 7) is 1.69. The van der Waals surface area contributed by atoms with E-state index in [0.717, 1.165) is 19.2 Å². The first-order valence-corrected chi connectivity index (χ1v) is 7.88. The van der Waals surface area contributed by atoms with Gasteiger partial charge >= 0.3 is 11.9 Å². The first kappa shape index (κ1) is 18.2. The van der Waals surface area contributed by atoms with Gasteiger partial charge in [-0.05, 0) is 13.0 Å². The average molecular weight is 373 g/mol. The number of benzene rings is 1. The van der Waals surface area contributed by atoms with Gasteiger partial charge < -0.3 is 23.6 Å². The van der Waals surface area contributed by atoms with Gasteiger partial charge in [-0.1, -0.05) is 0 Å². The van der Waals surface area contributed by atoms with Crippen molar-refractivity contribution in [1.82, 2.24) is 4.98 Å². The van der Waals surface area contributed by atoms with Gasteiger partial charge in [-0.3, -0.25) is 9.59 Å². The predicted octanol–water partition coefficient (Wildman–Crippen LogP) is 1.61. The average Bonchev–Trinajstić information content (AvgIpc) is 2.66. The Kier molecular flexibility index (Phi) is 4.68. The molecule has 27 heavy (non-hydrogen) atoms. The maximum absolute atomic E-state index is 12.6. The third kappa shape index (κ3) is 3.03. The molecule has 0 fully saturated rings. The molecule has 2 aromatic heterocycles. The van der Waals surface area contributed by atoms with Gasteiger partial charge in [-0.2, -0.15) is 0 Å². The summed E-state index contributed by atoms with van der Waals surface area (Å²) in [6, 6.07) is 3.40. The monoisotopic (exact) mass is 373 g/mol. The molecule has 3 aromatic rings. The fourth-order valence-electron chi connectivity index (χ4n) is 2.68. The van der Waals surface area contributed by atoms with Crippen LogP contribution in [0.5, 0.6) is 5.75 Å². The maximum Gasteiger partial charge on any atom is 0.374 e. The summed E-state index contributed by atoms with van der Waals surface area (Å²) in [5.41, 5.74) is -1.27. The Bertz CT molecular complexity index is 1190. The minimum Gasteiger partial charge on any atom is -0.496 e. The Labute approximate surface area is 151 Å². The lowest BCUT2D eigenvalue weighted by Gasteiger charge is -2.10. The first-order chi connectivity index (χ1) is 12.9. The van der Waals surface area contributed by atoms with Gasteiger partial charge in [0, 0.05) is 12.1 Å². The molecule has 0 aliphatic rings. The fraction of sp³-hybridized carbons (Fsp3) is 0.222. The van der Waals surface area contributed by atoms with Crippen LogP contribution in [0.15, 0.2) is 32.2 Å². The van der Waals surface area contributed by atoms with E-state index < -0.39 is 22.8 Å². The van der Waals surface area contributed by atoms with Crippen molar-refractivity contribution in [3.8, 4) is 5.75 Å². The van der Waals surface area contributed by atoms with E-state index in [9.17, 15) is 19.2 Å².